The number of thioether (sulfide) groups is 1. The standard InChI is InChI=1S/C18H21NO2S/c1-13-6-7-17(10-14(13)2)22-9-8-18(21)19-16-5-3-4-15(11-16)12-20/h3-7,10-11,20H,8-9,12H2,1-2H3,(H,19,21). The molecule has 0 aromatic heterocycles. The second-order valence-electron chi connectivity index (χ2n) is 5.25. The van der Waals surface area contributed by atoms with E-state index in [0.29, 0.717) is 6.42 Å². The number of nitrogens with one attached hydrogen (secondary N) is 1. The maximum atomic E-state index is 11.9. The van der Waals surface area contributed by atoms with Crippen molar-refractivity contribution < 1.29 is 9.90 Å². The van der Waals surface area contributed by atoms with E-state index in [2.05, 4.69) is 37.4 Å². The second kappa shape index (κ2) is 8.01. The first-order valence-electron chi connectivity index (χ1n) is 7.28. The lowest BCUT2D eigenvalue weighted by atomic mass is 10.1. The van der Waals surface area contributed by atoms with Gasteiger partial charge in [-0.2, -0.15) is 0 Å². The van der Waals surface area contributed by atoms with Crippen LogP contribution in [0.3, 0.4) is 0 Å². The van der Waals surface area contributed by atoms with Crippen LogP contribution in [-0.4, -0.2) is 16.8 Å². The molecule has 0 spiro atoms. The van der Waals surface area contributed by atoms with Crippen LogP contribution in [-0.2, 0) is 11.4 Å². The first kappa shape index (κ1) is 16.6. The molecule has 116 valence electrons. The normalized spacial score (nSPS) is 10.5. The summed E-state index contributed by atoms with van der Waals surface area (Å²) in [5.74, 6) is 0.736. The van der Waals surface area contributed by atoms with Crippen LogP contribution in [0.15, 0.2) is 47.4 Å². The number of hydrogen-bond acceptors (Lipinski definition) is 3. The van der Waals surface area contributed by atoms with Gasteiger partial charge in [0.2, 0.25) is 5.91 Å². The summed E-state index contributed by atoms with van der Waals surface area (Å²) in [6, 6.07) is 13.6. The highest BCUT2D eigenvalue weighted by molar-refractivity contribution is 7.99. The first-order valence-corrected chi connectivity index (χ1v) is 8.27. The van der Waals surface area contributed by atoms with Gasteiger partial charge in [0.25, 0.3) is 0 Å². The highest BCUT2D eigenvalue weighted by Gasteiger charge is 2.04. The summed E-state index contributed by atoms with van der Waals surface area (Å²) in [4.78, 5) is 13.1. The van der Waals surface area contributed by atoms with Crippen LogP contribution >= 0.6 is 11.8 Å². The minimum absolute atomic E-state index is 0.00794. The summed E-state index contributed by atoms with van der Waals surface area (Å²) in [6.07, 6.45) is 0.459. The molecule has 1 amide bonds. The molecule has 0 saturated carbocycles. The van der Waals surface area contributed by atoms with E-state index in [-0.39, 0.29) is 12.5 Å². The van der Waals surface area contributed by atoms with E-state index >= 15 is 0 Å². The fourth-order valence-electron chi connectivity index (χ4n) is 2.04. The van der Waals surface area contributed by atoms with E-state index in [1.54, 1.807) is 17.8 Å². The van der Waals surface area contributed by atoms with E-state index in [1.807, 2.05) is 18.2 Å². The summed E-state index contributed by atoms with van der Waals surface area (Å²) in [5, 5.41) is 11.9. The number of benzene rings is 2. The van der Waals surface area contributed by atoms with Crippen molar-refractivity contribution in [3.63, 3.8) is 0 Å². The Kier molecular flexibility index (Phi) is 6.04. The SMILES string of the molecule is Cc1ccc(SCCC(=O)Nc2cccc(CO)c2)cc1C. The Morgan fingerprint density at radius 1 is 1.14 bits per heavy atom. The van der Waals surface area contributed by atoms with E-state index in [4.69, 9.17) is 5.11 Å². The lowest BCUT2D eigenvalue weighted by molar-refractivity contribution is -0.115. The summed E-state index contributed by atoms with van der Waals surface area (Å²) in [5.41, 5.74) is 4.08. The molecule has 0 atom stereocenters. The number of carbonyl (C=O) groups is 1. The predicted molar refractivity (Wildman–Crippen MR) is 92.3 cm³/mol. The Hall–Kier alpha value is -1.78. The number of hydrogen-bond donors (Lipinski definition) is 2. The monoisotopic (exact) mass is 315 g/mol. The number of anilines is 1. The van der Waals surface area contributed by atoms with Crippen LogP contribution in [0.25, 0.3) is 0 Å². The van der Waals surface area contributed by atoms with Gasteiger partial charge in [-0.15, -0.1) is 11.8 Å². The van der Waals surface area contributed by atoms with Gasteiger partial charge >= 0.3 is 0 Å². The zero-order valence-electron chi connectivity index (χ0n) is 12.9. The minimum atomic E-state index is -0.0215. The topological polar surface area (TPSA) is 49.3 Å². The van der Waals surface area contributed by atoms with Crippen molar-refractivity contribution in [3.05, 3.63) is 59.2 Å². The third-order valence-electron chi connectivity index (χ3n) is 3.47. The molecule has 0 fully saturated rings. The van der Waals surface area contributed by atoms with Gasteiger partial charge in [-0.05, 0) is 54.8 Å². The number of carbonyl (C=O) groups excluding carboxylic acids is 1. The summed E-state index contributed by atoms with van der Waals surface area (Å²) in [6.45, 7) is 4.17. The molecule has 0 saturated heterocycles. The average molecular weight is 315 g/mol. The molecule has 2 aromatic rings. The van der Waals surface area contributed by atoms with Crippen LogP contribution in [0.4, 0.5) is 5.69 Å². The summed E-state index contributed by atoms with van der Waals surface area (Å²) < 4.78 is 0. The Balaban J connectivity index is 1.81. The van der Waals surface area contributed by atoms with E-state index in [0.717, 1.165) is 17.0 Å². The van der Waals surface area contributed by atoms with Crippen molar-refractivity contribution in [3.8, 4) is 0 Å². The molecule has 3 nitrogen and oxygen atoms in total. The molecule has 0 aliphatic heterocycles. The number of aliphatic hydroxyl groups excluding tert-OH is 1. The van der Waals surface area contributed by atoms with Gasteiger partial charge in [0.05, 0.1) is 6.61 Å². The third kappa shape index (κ3) is 4.90. The molecule has 2 rings (SSSR count). The van der Waals surface area contributed by atoms with Crippen molar-refractivity contribution in [1.82, 2.24) is 0 Å². The number of rotatable bonds is 6. The lowest BCUT2D eigenvalue weighted by Crippen LogP contribution is -2.12. The zero-order valence-corrected chi connectivity index (χ0v) is 13.7. The minimum Gasteiger partial charge on any atom is -0.392 e. The molecule has 2 aromatic carbocycles. The lowest BCUT2D eigenvalue weighted by Gasteiger charge is -2.07. The summed E-state index contributed by atoms with van der Waals surface area (Å²) >= 11 is 1.69. The van der Waals surface area contributed by atoms with Crippen molar-refractivity contribution in [2.45, 2.75) is 31.8 Å². The van der Waals surface area contributed by atoms with Gasteiger partial charge in [-0.3, -0.25) is 4.79 Å². The number of aryl methyl sites for hydroxylation is 2. The summed E-state index contributed by atoms with van der Waals surface area (Å²) in [7, 11) is 0. The molecule has 0 aliphatic carbocycles. The average Bonchev–Trinajstić information content (AvgIpc) is 2.51. The van der Waals surface area contributed by atoms with Crippen LogP contribution in [0.1, 0.15) is 23.1 Å². The molecule has 4 heteroatoms. The van der Waals surface area contributed by atoms with Crippen molar-refractivity contribution >= 4 is 23.4 Å². The third-order valence-corrected chi connectivity index (χ3v) is 4.47. The first-order chi connectivity index (χ1) is 10.6. The van der Waals surface area contributed by atoms with E-state index < -0.39 is 0 Å². The second-order valence-corrected chi connectivity index (χ2v) is 6.42. The molecule has 0 aliphatic rings. The molecule has 0 radical (unpaired) electrons. The predicted octanol–water partition coefficient (Wildman–Crippen LogP) is 3.92. The number of aliphatic hydroxyl groups is 1. The van der Waals surface area contributed by atoms with Gasteiger partial charge in [0, 0.05) is 22.8 Å². The Morgan fingerprint density at radius 3 is 2.68 bits per heavy atom. The van der Waals surface area contributed by atoms with Gasteiger partial charge in [0.1, 0.15) is 0 Å². The Bertz CT molecular complexity index is 655. The fraction of sp³-hybridized carbons (Fsp3) is 0.278. The molecule has 0 heterocycles. The quantitative estimate of drug-likeness (QED) is 0.794. The molecule has 0 unspecified atom stereocenters. The molecule has 0 bridgehead atoms. The number of amides is 1. The van der Waals surface area contributed by atoms with Gasteiger partial charge in [-0.25, -0.2) is 0 Å². The maximum Gasteiger partial charge on any atom is 0.225 e. The van der Waals surface area contributed by atoms with E-state index in [9.17, 15) is 4.79 Å². The van der Waals surface area contributed by atoms with Crippen molar-refractivity contribution in [2.75, 3.05) is 11.1 Å². The zero-order chi connectivity index (χ0) is 15.9. The Morgan fingerprint density at radius 2 is 1.95 bits per heavy atom. The molecular formula is C18H21NO2S. The van der Waals surface area contributed by atoms with Crippen LogP contribution in [0.5, 0.6) is 0 Å². The smallest absolute Gasteiger partial charge is 0.225 e. The maximum absolute atomic E-state index is 11.9. The highest BCUT2D eigenvalue weighted by atomic mass is 32.2. The van der Waals surface area contributed by atoms with Crippen molar-refractivity contribution in [1.29, 1.82) is 0 Å². The molecule has 2 N–H and O–H groups in total. The van der Waals surface area contributed by atoms with Crippen LogP contribution < -0.4 is 5.32 Å². The van der Waals surface area contributed by atoms with Gasteiger partial charge < -0.3 is 10.4 Å². The van der Waals surface area contributed by atoms with Crippen LogP contribution in [0.2, 0.25) is 0 Å². The van der Waals surface area contributed by atoms with E-state index in [1.165, 1.54) is 16.0 Å². The van der Waals surface area contributed by atoms with Crippen LogP contribution in [0, 0.1) is 13.8 Å². The van der Waals surface area contributed by atoms with Crippen molar-refractivity contribution in [2.24, 2.45) is 0 Å². The largest absolute Gasteiger partial charge is 0.392 e. The van der Waals surface area contributed by atoms with Gasteiger partial charge in [-0.1, -0.05) is 18.2 Å². The Labute approximate surface area is 135 Å². The van der Waals surface area contributed by atoms with Gasteiger partial charge in [0.15, 0.2) is 0 Å². The molecule has 22 heavy (non-hydrogen) atoms. The fourth-order valence-corrected chi connectivity index (χ4v) is 2.98. The highest BCUT2D eigenvalue weighted by Crippen LogP contribution is 2.22. The molecular weight excluding hydrogens is 294 g/mol.